The van der Waals surface area contributed by atoms with Crippen LogP contribution in [-0.2, 0) is 14.3 Å². The monoisotopic (exact) mass is 395 g/mol. The van der Waals surface area contributed by atoms with Gasteiger partial charge in [0.15, 0.2) is 5.16 Å². The van der Waals surface area contributed by atoms with Crippen molar-refractivity contribution in [2.24, 2.45) is 0 Å². The van der Waals surface area contributed by atoms with Gasteiger partial charge in [-0.2, -0.15) is 9.97 Å². The van der Waals surface area contributed by atoms with Crippen molar-refractivity contribution in [2.75, 3.05) is 14.2 Å². The fourth-order valence-corrected chi connectivity index (χ4v) is 3.01. The zero-order valence-electron chi connectivity index (χ0n) is 15.2. The van der Waals surface area contributed by atoms with Crippen LogP contribution >= 0.6 is 11.8 Å². The van der Waals surface area contributed by atoms with Crippen LogP contribution in [0.1, 0.15) is 5.56 Å². The summed E-state index contributed by atoms with van der Waals surface area (Å²) in [4.78, 5) is 25.6. The highest BCUT2D eigenvalue weighted by molar-refractivity contribution is 7.99. The Morgan fingerprint density at radius 3 is 2.50 bits per heavy atom. The molecule has 0 aliphatic heterocycles. The average Bonchev–Trinajstić information content (AvgIpc) is 2.73. The Morgan fingerprint density at radius 2 is 1.75 bits per heavy atom. The van der Waals surface area contributed by atoms with E-state index in [2.05, 4.69) is 15.0 Å². The summed E-state index contributed by atoms with van der Waals surface area (Å²) in [5.74, 6) is -0.160. The van der Waals surface area contributed by atoms with Crippen molar-refractivity contribution in [1.82, 2.24) is 15.0 Å². The van der Waals surface area contributed by atoms with Crippen molar-refractivity contribution in [3.63, 3.8) is 0 Å². The average molecular weight is 395 g/mol. The number of ether oxygens (including phenoxy) is 3. The highest BCUT2D eigenvalue weighted by Gasteiger charge is 2.18. The SMILES string of the molecule is CO/C=C(/C(=O)OC)c1ccccc1Oc1ncnc(Sc2ccccc2)n1. The van der Waals surface area contributed by atoms with Crippen molar-refractivity contribution < 1.29 is 19.0 Å². The van der Waals surface area contributed by atoms with E-state index < -0.39 is 5.97 Å². The van der Waals surface area contributed by atoms with Crippen LogP contribution in [0.25, 0.3) is 5.57 Å². The van der Waals surface area contributed by atoms with Crippen molar-refractivity contribution in [3.8, 4) is 11.8 Å². The van der Waals surface area contributed by atoms with Crippen LogP contribution in [0.15, 0.2) is 77.2 Å². The van der Waals surface area contributed by atoms with Gasteiger partial charge in [-0.25, -0.2) is 9.78 Å². The summed E-state index contributed by atoms with van der Waals surface area (Å²) in [6, 6.07) is 16.8. The maximum absolute atomic E-state index is 12.1. The van der Waals surface area contributed by atoms with Crippen molar-refractivity contribution in [2.45, 2.75) is 10.1 Å². The zero-order chi connectivity index (χ0) is 19.8. The molecule has 3 aromatic rings. The Morgan fingerprint density at radius 1 is 1.00 bits per heavy atom. The molecule has 0 aliphatic carbocycles. The molecule has 0 fully saturated rings. The minimum Gasteiger partial charge on any atom is -0.503 e. The van der Waals surface area contributed by atoms with E-state index in [0.717, 1.165) is 4.90 Å². The van der Waals surface area contributed by atoms with Gasteiger partial charge in [-0.05, 0) is 30.0 Å². The van der Waals surface area contributed by atoms with Crippen molar-refractivity contribution in [1.29, 1.82) is 0 Å². The maximum atomic E-state index is 12.1. The second kappa shape index (κ2) is 9.52. The van der Waals surface area contributed by atoms with Gasteiger partial charge in [0.1, 0.15) is 17.6 Å². The first-order valence-electron chi connectivity index (χ1n) is 8.21. The largest absolute Gasteiger partial charge is 0.503 e. The molecule has 7 nitrogen and oxygen atoms in total. The topological polar surface area (TPSA) is 83.4 Å². The minimum absolute atomic E-state index is 0.113. The van der Waals surface area contributed by atoms with E-state index in [-0.39, 0.29) is 11.6 Å². The molecule has 0 atom stereocenters. The molecule has 3 rings (SSSR count). The van der Waals surface area contributed by atoms with Crippen LogP contribution in [0.3, 0.4) is 0 Å². The van der Waals surface area contributed by atoms with Gasteiger partial charge >= 0.3 is 12.0 Å². The van der Waals surface area contributed by atoms with Crippen LogP contribution in [0, 0.1) is 0 Å². The van der Waals surface area contributed by atoms with Crippen LogP contribution < -0.4 is 4.74 Å². The summed E-state index contributed by atoms with van der Waals surface area (Å²) in [5, 5.41) is 0.495. The third-order valence-electron chi connectivity index (χ3n) is 3.50. The molecule has 0 amide bonds. The third-order valence-corrected chi connectivity index (χ3v) is 4.39. The number of benzene rings is 2. The second-order valence-corrected chi connectivity index (χ2v) is 6.36. The molecule has 2 aromatic carbocycles. The van der Waals surface area contributed by atoms with E-state index >= 15 is 0 Å². The number of carbonyl (C=O) groups is 1. The van der Waals surface area contributed by atoms with Gasteiger partial charge in [-0.15, -0.1) is 0 Å². The summed E-state index contributed by atoms with van der Waals surface area (Å²) in [6.45, 7) is 0. The van der Waals surface area contributed by atoms with E-state index in [9.17, 15) is 4.79 Å². The molecule has 1 aromatic heterocycles. The number of rotatable bonds is 7. The lowest BCUT2D eigenvalue weighted by atomic mass is 10.1. The molecule has 0 spiro atoms. The van der Waals surface area contributed by atoms with Gasteiger partial charge < -0.3 is 14.2 Å². The zero-order valence-corrected chi connectivity index (χ0v) is 16.1. The summed E-state index contributed by atoms with van der Waals surface area (Å²) >= 11 is 1.39. The Bertz CT molecular complexity index is 980. The van der Waals surface area contributed by atoms with Crippen LogP contribution in [0.4, 0.5) is 0 Å². The first-order valence-corrected chi connectivity index (χ1v) is 9.03. The number of esters is 1. The van der Waals surface area contributed by atoms with E-state index in [4.69, 9.17) is 14.2 Å². The van der Waals surface area contributed by atoms with E-state index in [1.165, 1.54) is 38.6 Å². The normalized spacial score (nSPS) is 11.0. The standard InChI is InChI=1S/C20H17N3O4S/c1-25-12-16(18(24)26-2)15-10-6-7-11-17(15)27-19-21-13-22-20(23-19)28-14-8-4-3-5-9-14/h3-13H,1-2H3/b16-12+. The fourth-order valence-electron chi connectivity index (χ4n) is 2.29. The van der Waals surface area contributed by atoms with Gasteiger partial charge in [0.2, 0.25) is 0 Å². The minimum atomic E-state index is -0.547. The van der Waals surface area contributed by atoms with Gasteiger partial charge in [0.05, 0.1) is 20.5 Å². The van der Waals surface area contributed by atoms with Crippen molar-refractivity contribution in [3.05, 3.63) is 72.8 Å². The van der Waals surface area contributed by atoms with Crippen LogP contribution in [0.2, 0.25) is 0 Å². The van der Waals surface area contributed by atoms with Gasteiger partial charge in [0.25, 0.3) is 0 Å². The fraction of sp³-hybridized carbons (Fsp3) is 0.100. The summed E-state index contributed by atoms with van der Waals surface area (Å²) in [6.07, 6.45) is 2.68. The molecule has 28 heavy (non-hydrogen) atoms. The summed E-state index contributed by atoms with van der Waals surface area (Å²) in [5.41, 5.74) is 0.711. The van der Waals surface area contributed by atoms with E-state index in [1.807, 2.05) is 30.3 Å². The molecule has 8 heteroatoms. The number of hydrogen-bond donors (Lipinski definition) is 0. The predicted octanol–water partition coefficient (Wildman–Crippen LogP) is 3.98. The second-order valence-electron chi connectivity index (χ2n) is 5.32. The highest BCUT2D eigenvalue weighted by Crippen LogP contribution is 2.31. The molecule has 1 heterocycles. The summed E-state index contributed by atoms with van der Waals surface area (Å²) in [7, 11) is 2.75. The Kier molecular flexibility index (Phi) is 6.59. The molecule has 142 valence electrons. The number of methoxy groups -OCH3 is 2. The van der Waals surface area contributed by atoms with Gasteiger partial charge in [-0.1, -0.05) is 36.4 Å². The highest BCUT2D eigenvalue weighted by atomic mass is 32.2. The Labute approximate surface area is 166 Å². The Balaban J connectivity index is 1.87. The lowest BCUT2D eigenvalue weighted by Crippen LogP contribution is -2.06. The number of carbonyl (C=O) groups excluding carboxylic acids is 1. The van der Waals surface area contributed by atoms with Crippen LogP contribution in [-0.4, -0.2) is 35.1 Å². The number of nitrogens with zero attached hydrogens (tertiary/aromatic N) is 3. The van der Waals surface area contributed by atoms with Gasteiger partial charge in [0, 0.05) is 10.5 Å². The molecule has 0 aliphatic rings. The molecular formula is C20H17N3O4S. The molecular weight excluding hydrogens is 378 g/mol. The maximum Gasteiger partial charge on any atom is 0.341 e. The molecule has 0 saturated heterocycles. The van der Waals surface area contributed by atoms with E-state index in [1.54, 1.807) is 24.3 Å². The van der Waals surface area contributed by atoms with E-state index in [0.29, 0.717) is 16.5 Å². The first kappa shape index (κ1) is 19.4. The number of para-hydroxylation sites is 1. The van der Waals surface area contributed by atoms with Crippen LogP contribution in [0.5, 0.6) is 11.8 Å². The van der Waals surface area contributed by atoms with Gasteiger partial charge in [-0.3, -0.25) is 0 Å². The predicted molar refractivity (Wildman–Crippen MR) is 104 cm³/mol. The summed E-state index contributed by atoms with van der Waals surface area (Å²) < 4.78 is 15.7. The first-order chi connectivity index (χ1) is 13.7. The lowest BCUT2D eigenvalue weighted by molar-refractivity contribution is -0.133. The van der Waals surface area contributed by atoms with Crippen molar-refractivity contribution >= 4 is 23.3 Å². The molecule has 0 bridgehead atoms. The molecule has 0 saturated carbocycles. The third kappa shape index (κ3) is 4.86. The molecule has 0 unspecified atom stereocenters. The smallest absolute Gasteiger partial charge is 0.341 e. The number of aromatic nitrogens is 3. The Hall–Kier alpha value is -3.39. The molecule has 0 N–H and O–H groups in total. The lowest BCUT2D eigenvalue weighted by Gasteiger charge is -2.11. The quantitative estimate of drug-likeness (QED) is 0.337. The number of hydrogen-bond acceptors (Lipinski definition) is 8. The molecule has 0 radical (unpaired) electrons.